The molecule has 0 aromatic carbocycles. The van der Waals surface area contributed by atoms with Gasteiger partial charge in [0.15, 0.2) is 0 Å². The quantitative estimate of drug-likeness (QED) is 0.830. The number of methoxy groups -OCH3 is 1. The summed E-state index contributed by atoms with van der Waals surface area (Å²) in [6.45, 7) is 0.882. The van der Waals surface area contributed by atoms with Gasteiger partial charge in [0.2, 0.25) is 0 Å². The highest BCUT2D eigenvalue weighted by Crippen LogP contribution is 2.28. The van der Waals surface area contributed by atoms with Crippen LogP contribution in [0.5, 0.6) is 0 Å². The van der Waals surface area contributed by atoms with E-state index in [1.165, 1.54) is 18.3 Å². The molecular weight excluding hydrogens is 248 g/mol. The second kappa shape index (κ2) is 5.79. The zero-order chi connectivity index (χ0) is 13.8. The summed E-state index contributed by atoms with van der Waals surface area (Å²) < 4.78 is 4.98. The topological polar surface area (TPSA) is 79.7 Å². The Morgan fingerprint density at radius 3 is 2.84 bits per heavy atom. The molecule has 0 radical (unpaired) electrons. The van der Waals surface area contributed by atoms with Crippen molar-refractivity contribution in [2.75, 3.05) is 20.3 Å². The molecule has 6 heteroatoms. The first-order valence-corrected chi connectivity index (χ1v) is 6.13. The molecule has 0 saturated heterocycles. The van der Waals surface area contributed by atoms with Crippen molar-refractivity contribution < 1.29 is 19.4 Å². The molecule has 2 rings (SSSR count). The van der Waals surface area contributed by atoms with E-state index < -0.39 is 5.97 Å². The van der Waals surface area contributed by atoms with Crippen molar-refractivity contribution in [1.29, 1.82) is 0 Å². The zero-order valence-corrected chi connectivity index (χ0v) is 10.7. The summed E-state index contributed by atoms with van der Waals surface area (Å²) in [5, 5.41) is 9.09. The van der Waals surface area contributed by atoms with Crippen LogP contribution in [0.1, 0.15) is 33.7 Å². The Morgan fingerprint density at radius 2 is 2.26 bits per heavy atom. The third kappa shape index (κ3) is 3.08. The molecule has 0 aliphatic heterocycles. The molecule has 1 aliphatic rings. The number of aromatic carboxylic acids is 1. The van der Waals surface area contributed by atoms with Crippen LogP contribution in [0, 0.1) is 0 Å². The van der Waals surface area contributed by atoms with Crippen LogP contribution in [0.15, 0.2) is 18.3 Å². The highest BCUT2D eigenvalue weighted by Gasteiger charge is 2.34. The first-order chi connectivity index (χ1) is 9.15. The fourth-order valence-electron chi connectivity index (χ4n) is 1.91. The lowest BCUT2D eigenvalue weighted by Gasteiger charge is -2.22. The maximum Gasteiger partial charge on any atom is 0.338 e. The fourth-order valence-corrected chi connectivity index (χ4v) is 1.91. The van der Waals surface area contributed by atoms with Crippen molar-refractivity contribution in [3.8, 4) is 0 Å². The zero-order valence-electron chi connectivity index (χ0n) is 10.7. The number of pyridine rings is 1. The van der Waals surface area contributed by atoms with Gasteiger partial charge in [-0.1, -0.05) is 0 Å². The summed E-state index contributed by atoms with van der Waals surface area (Å²) in [6, 6.07) is 3.09. The van der Waals surface area contributed by atoms with Gasteiger partial charge < -0.3 is 14.7 Å². The van der Waals surface area contributed by atoms with Crippen LogP contribution < -0.4 is 0 Å². The first kappa shape index (κ1) is 13.5. The minimum absolute atomic E-state index is 0.00185. The van der Waals surface area contributed by atoms with Crippen molar-refractivity contribution in [3.05, 3.63) is 29.6 Å². The molecule has 0 atom stereocenters. The molecule has 0 spiro atoms. The van der Waals surface area contributed by atoms with E-state index in [0.29, 0.717) is 13.2 Å². The summed E-state index contributed by atoms with van der Waals surface area (Å²) in [4.78, 5) is 29.1. The van der Waals surface area contributed by atoms with Gasteiger partial charge in [-0.2, -0.15) is 0 Å². The fraction of sp³-hybridized carbons (Fsp3) is 0.462. The number of rotatable bonds is 6. The maximum absolute atomic E-state index is 12.4. The normalized spacial score (nSPS) is 14.2. The molecule has 1 N–H and O–H groups in total. The Hall–Kier alpha value is -1.95. The van der Waals surface area contributed by atoms with Gasteiger partial charge in [-0.15, -0.1) is 0 Å². The van der Waals surface area contributed by atoms with E-state index in [4.69, 9.17) is 9.84 Å². The average Bonchev–Trinajstić information content (AvgIpc) is 3.23. The molecule has 1 amide bonds. The van der Waals surface area contributed by atoms with Gasteiger partial charge in [-0.3, -0.25) is 9.78 Å². The summed E-state index contributed by atoms with van der Waals surface area (Å²) in [5.74, 6) is -1.48. The third-order valence-corrected chi connectivity index (χ3v) is 3.03. The minimum atomic E-state index is -1.14. The monoisotopic (exact) mass is 264 g/mol. The van der Waals surface area contributed by atoms with E-state index in [1.807, 2.05) is 0 Å². The molecule has 1 heterocycles. The van der Waals surface area contributed by atoms with Gasteiger partial charge in [0.05, 0.1) is 12.2 Å². The van der Waals surface area contributed by atoms with Gasteiger partial charge >= 0.3 is 5.97 Å². The highest BCUT2D eigenvalue weighted by atomic mass is 16.5. The first-order valence-electron chi connectivity index (χ1n) is 6.13. The van der Waals surface area contributed by atoms with Crippen LogP contribution in [-0.4, -0.2) is 53.2 Å². The predicted molar refractivity (Wildman–Crippen MR) is 67.1 cm³/mol. The van der Waals surface area contributed by atoms with Gasteiger partial charge in [0, 0.05) is 25.9 Å². The van der Waals surface area contributed by atoms with Crippen LogP contribution in [0.4, 0.5) is 0 Å². The number of carboxylic acids is 1. The maximum atomic E-state index is 12.4. The summed E-state index contributed by atoms with van der Waals surface area (Å²) >= 11 is 0. The summed E-state index contributed by atoms with van der Waals surface area (Å²) in [5.41, 5.74) is -0.0615. The largest absolute Gasteiger partial charge is 0.478 e. The third-order valence-electron chi connectivity index (χ3n) is 3.03. The molecule has 1 aromatic rings. The number of amides is 1. The van der Waals surface area contributed by atoms with Gasteiger partial charge in [-0.05, 0) is 25.0 Å². The van der Waals surface area contributed by atoms with Crippen LogP contribution in [0.25, 0.3) is 0 Å². The number of carbonyl (C=O) groups is 2. The van der Waals surface area contributed by atoms with Gasteiger partial charge in [-0.25, -0.2) is 4.79 Å². The Bertz CT molecular complexity index is 485. The Morgan fingerprint density at radius 1 is 1.53 bits per heavy atom. The number of nitrogens with zero attached hydrogens (tertiary/aromatic N) is 2. The number of aromatic nitrogens is 1. The van der Waals surface area contributed by atoms with Crippen molar-refractivity contribution in [2.45, 2.75) is 18.9 Å². The number of carboxylic acid groups (broad SMARTS) is 1. The lowest BCUT2D eigenvalue weighted by atomic mass is 10.1. The number of hydrogen-bond donors (Lipinski definition) is 1. The molecule has 102 valence electrons. The lowest BCUT2D eigenvalue weighted by molar-refractivity contribution is 0.0641. The Balaban J connectivity index is 2.23. The summed E-state index contributed by atoms with van der Waals surface area (Å²) in [7, 11) is 1.57. The second-order valence-electron chi connectivity index (χ2n) is 4.43. The Labute approximate surface area is 111 Å². The molecule has 19 heavy (non-hydrogen) atoms. The average molecular weight is 264 g/mol. The lowest BCUT2D eigenvalue weighted by Crippen LogP contribution is -2.37. The number of ether oxygens (including phenoxy) is 1. The smallest absolute Gasteiger partial charge is 0.338 e. The molecule has 0 bridgehead atoms. The molecule has 6 nitrogen and oxygen atoms in total. The summed E-state index contributed by atoms with van der Waals surface area (Å²) in [6.07, 6.45) is 3.33. The van der Waals surface area contributed by atoms with Crippen LogP contribution in [-0.2, 0) is 4.74 Å². The van der Waals surface area contributed by atoms with Crippen LogP contribution >= 0.6 is 0 Å². The highest BCUT2D eigenvalue weighted by molar-refractivity contribution is 6.03. The second-order valence-corrected chi connectivity index (χ2v) is 4.43. The molecule has 1 saturated carbocycles. The van der Waals surface area contributed by atoms with E-state index in [9.17, 15) is 9.59 Å². The minimum Gasteiger partial charge on any atom is -0.478 e. The molecular formula is C13H16N2O4. The van der Waals surface area contributed by atoms with Gasteiger partial charge in [0.25, 0.3) is 5.91 Å². The Kier molecular flexibility index (Phi) is 4.11. The SMILES string of the molecule is COCCN(C(=O)c1ncccc1C(=O)O)C1CC1. The van der Waals surface area contributed by atoms with Crippen LogP contribution in [0.2, 0.25) is 0 Å². The molecule has 1 aliphatic carbocycles. The number of hydrogen-bond acceptors (Lipinski definition) is 4. The standard InChI is InChI=1S/C13H16N2O4/c1-19-8-7-15(9-4-5-9)12(16)11-10(13(17)18)3-2-6-14-11/h2-3,6,9H,4-5,7-8H2,1H3,(H,17,18). The predicted octanol–water partition coefficient (Wildman–Crippen LogP) is 1.03. The van der Waals surface area contributed by atoms with E-state index in [2.05, 4.69) is 4.98 Å². The van der Waals surface area contributed by atoms with Crippen molar-refractivity contribution >= 4 is 11.9 Å². The molecule has 0 unspecified atom stereocenters. The van der Waals surface area contributed by atoms with E-state index in [-0.39, 0.29) is 23.2 Å². The van der Waals surface area contributed by atoms with E-state index >= 15 is 0 Å². The van der Waals surface area contributed by atoms with Crippen molar-refractivity contribution in [2.24, 2.45) is 0 Å². The molecule has 1 aromatic heterocycles. The number of carbonyl (C=O) groups excluding carboxylic acids is 1. The van der Waals surface area contributed by atoms with E-state index in [0.717, 1.165) is 12.8 Å². The van der Waals surface area contributed by atoms with Crippen molar-refractivity contribution in [1.82, 2.24) is 9.88 Å². The molecule has 1 fully saturated rings. The van der Waals surface area contributed by atoms with Crippen molar-refractivity contribution in [3.63, 3.8) is 0 Å². The van der Waals surface area contributed by atoms with E-state index in [1.54, 1.807) is 12.0 Å². The van der Waals surface area contributed by atoms with Gasteiger partial charge in [0.1, 0.15) is 5.69 Å². The van der Waals surface area contributed by atoms with Crippen LogP contribution in [0.3, 0.4) is 0 Å².